The summed E-state index contributed by atoms with van der Waals surface area (Å²) in [5.74, 6) is 1.57. The van der Waals surface area contributed by atoms with Gasteiger partial charge in [0, 0.05) is 25.4 Å². The molecule has 0 radical (unpaired) electrons. The Balaban J connectivity index is 2.08. The molecule has 0 amide bonds. The number of aliphatic hydroxyl groups excluding tert-OH is 2. The Morgan fingerprint density at radius 3 is 2.89 bits per heavy atom. The summed E-state index contributed by atoms with van der Waals surface area (Å²) in [6.45, 7) is 4.27. The molecule has 0 saturated carbocycles. The van der Waals surface area contributed by atoms with Crippen molar-refractivity contribution >= 4 is 5.82 Å². The van der Waals surface area contributed by atoms with Gasteiger partial charge >= 0.3 is 0 Å². The monoisotopic (exact) mass is 250 g/mol. The van der Waals surface area contributed by atoms with Gasteiger partial charge in [-0.15, -0.1) is 0 Å². The fraction of sp³-hybridized carbons (Fsp3) is 0.643. The minimum Gasteiger partial charge on any atom is -0.396 e. The largest absolute Gasteiger partial charge is 0.396 e. The first kappa shape index (κ1) is 13.3. The molecule has 1 aliphatic rings. The van der Waals surface area contributed by atoms with E-state index >= 15 is 0 Å². The van der Waals surface area contributed by atoms with Crippen LogP contribution >= 0.6 is 0 Å². The van der Waals surface area contributed by atoms with Crippen LogP contribution in [0.5, 0.6) is 0 Å². The quantitative estimate of drug-likeness (QED) is 0.850. The lowest BCUT2D eigenvalue weighted by atomic mass is 9.95. The summed E-state index contributed by atoms with van der Waals surface area (Å²) in [5.41, 5.74) is 1.79. The van der Waals surface area contributed by atoms with E-state index in [9.17, 15) is 0 Å². The second-order valence-electron chi connectivity index (χ2n) is 5.04. The molecular weight excluding hydrogens is 228 g/mol. The number of rotatable bonds is 4. The van der Waals surface area contributed by atoms with Gasteiger partial charge in [-0.05, 0) is 43.7 Å². The molecule has 1 fully saturated rings. The Labute approximate surface area is 108 Å². The standard InChI is InChI=1S/C14H22N2O2/c1-11-13(10-18)4-5-14(15-11)16-7-2-3-12(9-16)6-8-17/h4-5,12,17-18H,2-3,6-10H2,1H3. The average Bonchev–Trinajstić information content (AvgIpc) is 2.39. The van der Waals surface area contributed by atoms with Gasteiger partial charge in [-0.2, -0.15) is 0 Å². The number of aliphatic hydroxyl groups is 2. The van der Waals surface area contributed by atoms with Crippen molar-refractivity contribution < 1.29 is 10.2 Å². The third kappa shape index (κ3) is 3.00. The van der Waals surface area contributed by atoms with Gasteiger partial charge in [-0.1, -0.05) is 6.07 Å². The minimum atomic E-state index is 0.0479. The maximum Gasteiger partial charge on any atom is 0.128 e. The summed E-state index contributed by atoms with van der Waals surface area (Å²) in [5, 5.41) is 18.2. The lowest BCUT2D eigenvalue weighted by Gasteiger charge is -2.33. The zero-order valence-corrected chi connectivity index (χ0v) is 11.0. The van der Waals surface area contributed by atoms with E-state index in [0.717, 1.165) is 43.0 Å². The van der Waals surface area contributed by atoms with E-state index in [0.29, 0.717) is 5.92 Å². The van der Waals surface area contributed by atoms with E-state index in [4.69, 9.17) is 10.2 Å². The van der Waals surface area contributed by atoms with Gasteiger partial charge in [-0.25, -0.2) is 4.98 Å². The number of pyridine rings is 1. The molecule has 0 aromatic carbocycles. The highest BCUT2D eigenvalue weighted by Crippen LogP contribution is 2.24. The van der Waals surface area contributed by atoms with Gasteiger partial charge in [0.15, 0.2) is 0 Å². The van der Waals surface area contributed by atoms with E-state index in [2.05, 4.69) is 9.88 Å². The molecule has 1 atom stereocenters. The Kier molecular flexibility index (Phi) is 4.55. The second-order valence-corrected chi connectivity index (χ2v) is 5.04. The van der Waals surface area contributed by atoms with Gasteiger partial charge in [0.2, 0.25) is 0 Å². The molecule has 0 bridgehead atoms. The zero-order valence-electron chi connectivity index (χ0n) is 11.0. The highest BCUT2D eigenvalue weighted by molar-refractivity contribution is 5.42. The van der Waals surface area contributed by atoms with Crippen LogP contribution in [0.25, 0.3) is 0 Å². The van der Waals surface area contributed by atoms with Crippen molar-refractivity contribution in [2.24, 2.45) is 5.92 Å². The number of anilines is 1. The third-order valence-electron chi connectivity index (χ3n) is 3.73. The predicted molar refractivity (Wildman–Crippen MR) is 71.5 cm³/mol. The lowest BCUT2D eigenvalue weighted by molar-refractivity contribution is 0.244. The van der Waals surface area contributed by atoms with Crippen molar-refractivity contribution in [3.05, 3.63) is 23.4 Å². The van der Waals surface area contributed by atoms with Crippen molar-refractivity contribution in [2.75, 3.05) is 24.6 Å². The van der Waals surface area contributed by atoms with Gasteiger partial charge in [0.25, 0.3) is 0 Å². The molecule has 1 aromatic heterocycles. The number of aromatic nitrogens is 1. The normalized spacial score (nSPS) is 20.2. The molecule has 100 valence electrons. The van der Waals surface area contributed by atoms with Crippen LogP contribution < -0.4 is 4.90 Å². The number of hydrogen-bond acceptors (Lipinski definition) is 4. The second kappa shape index (κ2) is 6.16. The number of nitrogens with zero attached hydrogens (tertiary/aromatic N) is 2. The summed E-state index contributed by atoms with van der Waals surface area (Å²) >= 11 is 0. The van der Waals surface area contributed by atoms with E-state index in [-0.39, 0.29) is 13.2 Å². The van der Waals surface area contributed by atoms with E-state index in [1.165, 1.54) is 6.42 Å². The van der Waals surface area contributed by atoms with E-state index < -0.39 is 0 Å². The number of piperidine rings is 1. The molecule has 4 heteroatoms. The first-order valence-electron chi connectivity index (χ1n) is 6.67. The topological polar surface area (TPSA) is 56.6 Å². The van der Waals surface area contributed by atoms with Crippen LogP contribution in [0.1, 0.15) is 30.5 Å². The van der Waals surface area contributed by atoms with Crippen LogP contribution in [-0.4, -0.2) is 34.9 Å². The van der Waals surface area contributed by atoms with Crippen LogP contribution in [0.3, 0.4) is 0 Å². The fourth-order valence-corrected chi connectivity index (χ4v) is 2.61. The molecule has 1 saturated heterocycles. The van der Waals surface area contributed by atoms with Gasteiger partial charge in [0.05, 0.1) is 6.61 Å². The summed E-state index contributed by atoms with van der Waals surface area (Å²) in [4.78, 5) is 6.86. The van der Waals surface area contributed by atoms with Crippen molar-refractivity contribution in [2.45, 2.75) is 32.8 Å². The molecule has 1 aromatic rings. The molecule has 0 spiro atoms. The number of hydrogen-bond donors (Lipinski definition) is 2. The molecular formula is C14H22N2O2. The Morgan fingerprint density at radius 2 is 2.22 bits per heavy atom. The predicted octanol–water partition coefficient (Wildman–Crippen LogP) is 1.48. The molecule has 4 nitrogen and oxygen atoms in total. The summed E-state index contributed by atoms with van der Waals surface area (Å²) in [7, 11) is 0. The first-order valence-corrected chi connectivity index (χ1v) is 6.67. The van der Waals surface area contributed by atoms with Gasteiger partial charge in [0.1, 0.15) is 5.82 Å². The van der Waals surface area contributed by atoms with Crippen molar-refractivity contribution in [1.82, 2.24) is 4.98 Å². The molecule has 1 aliphatic heterocycles. The molecule has 2 N–H and O–H groups in total. The SMILES string of the molecule is Cc1nc(N2CCCC(CCO)C2)ccc1CO. The Hall–Kier alpha value is -1.13. The van der Waals surface area contributed by atoms with Crippen LogP contribution in [0.15, 0.2) is 12.1 Å². The van der Waals surface area contributed by atoms with Crippen LogP contribution in [0.2, 0.25) is 0 Å². The van der Waals surface area contributed by atoms with Gasteiger partial charge in [-0.3, -0.25) is 0 Å². The molecule has 2 rings (SSSR count). The summed E-state index contributed by atoms with van der Waals surface area (Å²) in [6, 6.07) is 3.94. The maximum atomic E-state index is 9.15. The number of aryl methyl sites for hydroxylation is 1. The summed E-state index contributed by atoms with van der Waals surface area (Å²) in [6.07, 6.45) is 3.24. The lowest BCUT2D eigenvalue weighted by Crippen LogP contribution is -2.36. The fourth-order valence-electron chi connectivity index (χ4n) is 2.61. The Bertz CT molecular complexity index is 393. The highest BCUT2D eigenvalue weighted by atomic mass is 16.3. The molecule has 18 heavy (non-hydrogen) atoms. The molecule has 2 heterocycles. The maximum absolute atomic E-state index is 9.15. The third-order valence-corrected chi connectivity index (χ3v) is 3.73. The average molecular weight is 250 g/mol. The van der Waals surface area contributed by atoms with Crippen molar-refractivity contribution in [3.63, 3.8) is 0 Å². The smallest absolute Gasteiger partial charge is 0.128 e. The van der Waals surface area contributed by atoms with Crippen molar-refractivity contribution in [1.29, 1.82) is 0 Å². The minimum absolute atomic E-state index is 0.0479. The van der Waals surface area contributed by atoms with Crippen LogP contribution in [-0.2, 0) is 6.61 Å². The summed E-state index contributed by atoms with van der Waals surface area (Å²) < 4.78 is 0. The highest BCUT2D eigenvalue weighted by Gasteiger charge is 2.20. The zero-order chi connectivity index (χ0) is 13.0. The van der Waals surface area contributed by atoms with Gasteiger partial charge < -0.3 is 15.1 Å². The first-order chi connectivity index (χ1) is 8.74. The van der Waals surface area contributed by atoms with E-state index in [1.807, 2.05) is 19.1 Å². The Morgan fingerprint density at radius 1 is 1.39 bits per heavy atom. The van der Waals surface area contributed by atoms with Crippen molar-refractivity contribution in [3.8, 4) is 0 Å². The van der Waals surface area contributed by atoms with Crippen LogP contribution in [0.4, 0.5) is 5.82 Å². The molecule has 0 aliphatic carbocycles. The molecule has 1 unspecified atom stereocenters. The van der Waals surface area contributed by atoms with E-state index in [1.54, 1.807) is 0 Å². The van der Waals surface area contributed by atoms with Crippen LogP contribution in [0, 0.1) is 12.8 Å².